The molecule has 1 saturated heterocycles. The molecule has 25 heavy (non-hydrogen) atoms. The Morgan fingerprint density at radius 2 is 2.32 bits per heavy atom. The Balaban J connectivity index is 1.69. The molecule has 1 aliphatic rings. The molecule has 0 bridgehead atoms. The zero-order valence-corrected chi connectivity index (χ0v) is 14.2. The van der Waals surface area contributed by atoms with Crippen molar-refractivity contribution in [1.82, 2.24) is 23.9 Å². The van der Waals surface area contributed by atoms with Crippen LogP contribution in [0.4, 0.5) is 4.39 Å². The molecule has 4 heterocycles. The second-order valence-corrected chi connectivity index (χ2v) is 8.23. The second-order valence-electron chi connectivity index (χ2n) is 5.57. The zero-order valence-electron chi connectivity index (χ0n) is 12.5. The first-order valence-corrected chi connectivity index (χ1v) is 9.87. The number of H-pyrrole nitrogens is 1. The fourth-order valence-electron chi connectivity index (χ4n) is 2.87. The summed E-state index contributed by atoms with van der Waals surface area (Å²) < 4.78 is 27.7. The highest BCUT2D eigenvalue weighted by Crippen LogP contribution is 2.39. The van der Waals surface area contributed by atoms with Gasteiger partial charge in [0.25, 0.3) is 5.56 Å². The van der Waals surface area contributed by atoms with E-state index in [1.54, 1.807) is 15.2 Å². The van der Waals surface area contributed by atoms with Crippen molar-refractivity contribution in [2.75, 3.05) is 6.61 Å². The number of ether oxygens (including phenoxy) is 1. The molecule has 0 unspecified atom stereocenters. The van der Waals surface area contributed by atoms with Gasteiger partial charge in [-0.05, 0) is 11.8 Å². The van der Waals surface area contributed by atoms with Gasteiger partial charge in [-0.1, -0.05) is 0 Å². The van der Waals surface area contributed by atoms with E-state index < -0.39 is 30.8 Å². The molecule has 0 radical (unpaired) electrons. The fourth-order valence-corrected chi connectivity index (χ4v) is 3.40. The summed E-state index contributed by atoms with van der Waals surface area (Å²) in [6.07, 6.45) is 1.39. The zero-order chi connectivity index (χ0) is 17.8. The van der Waals surface area contributed by atoms with Crippen LogP contribution in [-0.4, -0.2) is 52.6 Å². The van der Waals surface area contributed by atoms with Crippen LogP contribution in [0.3, 0.4) is 0 Å². The van der Waals surface area contributed by atoms with Crippen LogP contribution < -0.4 is 5.56 Å². The quantitative estimate of drug-likeness (QED) is 0.541. The number of imidazole rings is 2. The van der Waals surface area contributed by atoms with E-state index in [0.717, 1.165) is 0 Å². The Morgan fingerprint density at radius 3 is 3.08 bits per heavy atom. The third kappa shape index (κ3) is 3.01. The number of aromatic nitrogens is 5. The van der Waals surface area contributed by atoms with Gasteiger partial charge in [-0.2, -0.15) is 0 Å². The molecule has 1 fully saturated rings. The number of fused-ring (bicyclic) bond motifs is 3. The maximum atomic E-state index is 14.2. The van der Waals surface area contributed by atoms with Crippen LogP contribution in [0.1, 0.15) is 12.6 Å². The van der Waals surface area contributed by atoms with Crippen molar-refractivity contribution in [2.24, 2.45) is 0 Å². The number of aromatic amines is 1. The average Bonchev–Trinajstić information content (AvgIpc) is 3.21. The lowest BCUT2D eigenvalue weighted by atomic mass is 10.2. The van der Waals surface area contributed by atoms with Gasteiger partial charge in [0.15, 0.2) is 11.2 Å². The Kier molecular flexibility index (Phi) is 3.98. The van der Waals surface area contributed by atoms with Gasteiger partial charge < -0.3 is 19.0 Å². The van der Waals surface area contributed by atoms with Gasteiger partial charge in [0.1, 0.15) is 18.5 Å². The van der Waals surface area contributed by atoms with Gasteiger partial charge in [0, 0.05) is 18.8 Å². The van der Waals surface area contributed by atoms with Crippen molar-refractivity contribution in [2.45, 2.75) is 24.9 Å². The van der Waals surface area contributed by atoms with Crippen LogP contribution in [0.15, 0.2) is 23.5 Å². The summed E-state index contributed by atoms with van der Waals surface area (Å²) in [6, 6.07) is 0. The second kappa shape index (κ2) is 5.94. The number of hydrogen-bond acceptors (Lipinski definition) is 6. The summed E-state index contributed by atoms with van der Waals surface area (Å²) in [4.78, 5) is 41.0. The Labute approximate surface area is 144 Å². The molecule has 10 nitrogen and oxygen atoms in total. The number of nitrogens with zero attached hydrogens (tertiary/aromatic N) is 4. The van der Waals surface area contributed by atoms with Crippen molar-refractivity contribution < 1.29 is 23.4 Å². The fraction of sp³-hybridized carbons (Fsp3) is 0.417. The lowest BCUT2D eigenvalue weighted by Gasteiger charge is -2.17. The minimum Gasteiger partial charge on any atom is -0.349 e. The van der Waals surface area contributed by atoms with Gasteiger partial charge >= 0.3 is 6.72 Å². The minimum absolute atomic E-state index is 0.0117. The summed E-state index contributed by atoms with van der Waals surface area (Å²) in [5.74, 6) is 0.329. The molecule has 4 rings (SSSR count). The van der Waals surface area contributed by atoms with E-state index in [4.69, 9.17) is 19.0 Å². The normalized spacial score (nSPS) is 24.5. The molecule has 0 amide bonds. The number of nitrogens with one attached hydrogen (secondary N) is 1. The molecule has 0 aliphatic carbocycles. The Morgan fingerprint density at radius 1 is 1.52 bits per heavy atom. The van der Waals surface area contributed by atoms with E-state index in [1.807, 2.05) is 0 Å². The maximum absolute atomic E-state index is 14.2. The number of rotatable bonds is 4. The SMILES string of the molecule is O=c1[nH]c2nccn2c2c1ncn2[C@H]1C[C@H](F)[C@@H](COP(O)(O)=S)O1. The van der Waals surface area contributed by atoms with E-state index in [2.05, 4.69) is 26.8 Å². The van der Waals surface area contributed by atoms with Crippen molar-refractivity contribution in [3.05, 3.63) is 29.1 Å². The molecule has 13 heteroatoms. The van der Waals surface area contributed by atoms with Crippen LogP contribution in [-0.2, 0) is 21.1 Å². The van der Waals surface area contributed by atoms with E-state index >= 15 is 0 Å². The van der Waals surface area contributed by atoms with Crippen LogP contribution in [0.25, 0.3) is 16.9 Å². The topological polar surface area (TPSA) is 127 Å². The van der Waals surface area contributed by atoms with Crippen molar-refractivity contribution in [3.63, 3.8) is 0 Å². The molecule has 0 spiro atoms. The average molecular weight is 389 g/mol. The van der Waals surface area contributed by atoms with E-state index in [0.29, 0.717) is 11.4 Å². The summed E-state index contributed by atoms with van der Waals surface area (Å²) in [6.45, 7) is -4.26. The lowest BCUT2D eigenvalue weighted by molar-refractivity contribution is -0.0292. The van der Waals surface area contributed by atoms with Gasteiger partial charge in [-0.3, -0.25) is 18.7 Å². The summed E-state index contributed by atoms with van der Waals surface area (Å²) >= 11 is 4.35. The molecule has 134 valence electrons. The van der Waals surface area contributed by atoms with Crippen LogP contribution in [0.5, 0.6) is 0 Å². The molecule has 3 atom stereocenters. The van der Waals surface area contributed by atoms with E-state index in [1.165, 1.54) is 12.5 Å². The lowest BCUT2D eigenvalue weighted by Crippen LogP contribution is -2.23. The molecular weight excluding hydrogens is 376 g/mol. The highest BCUT2D eigenvalue weighted by Gasteiger charge is 2.38. The Bertz CT molecular complexity index is 1040. The predicted octanol–water partition coefficient (Wildman–Crippen LogP) is 0.224. The van der Waals surface area contributed by atoms with Crippen molar-refractivity contribution >= 4 is 35.5 Å². The smallest absolute Gasteiger partial charge is 0.321 e. The van der Waals surface area contributed by atoms with Crippen LogP contribution in [0, 0.1) is 0 Å². The van der Waals surface area contributed by atoms with Gasteiger partial charge in [0.2, 0.25) is 5.78 Å². The maximum Gasteiger partial charge on any atom is 0.321 e. The first kappa shape index (κ1) is 16.8. The van der Waals surface area contributed by atoms with Gasteiger partial charge in [-0.25, -0.2) is 14.4 Å². The third-order valence-electron chi connectivity index (χ3n) is 3.96. The number of alkyl halides is 1. The van der Waals surface area contributed by atoms with Crippen LogP contribution >= 0.6 is 6.72 Å². The molecule has 3 aromatic heterocycles. The first-order chi connectivity index (χ1) is 11.8. The molecule has 1 aliphatic heterocycles. The molecule has 0 saturated carbocycles. The standard InChI is InChI=1S/C12H13FN5O5PS/c13-6-3-8(23-7(6)4-22-24(20,21)25)18-5-15-9-10(19)16-12-14-1-2-17(12)11(9)18/h1-2,5-8H,3-4H2,(H,14,16,19)(H2,20,21,25)/t6-,7+,8+/m0/s1. The summed E-state index contributed by atoms with van der Waals surface area (Å²) in [7, 11) is 0. The highest BCUT2D eigenvalue weighted by molar-refractivity contribution is 8.06. The summed E-state index contributed by atoms with van der Waals surface area (Å²) in [5, 5.41) is 0. The van der Waals surface area contributed by atoms with Crippen molar-refractivity contribution in [1.29, 1.82) is 0 Å². The largest absolute Gasteiger partial charge is 0.349 e. The molecule has 0 aromatic carbocycles. The monoisotopic (exact) mass is 389 g/mol. The van der Waals surface area contributed by atoms with Gasteiger partial charge in [0.05, 0.1) is 12.9 Å². The number of halogens is 1. The third-order valence-corrected chi connectivity index (χ3v) is 4.76. The van der Waals surface area contributed by atoms with Gasteiger partial charge in [-0.15, -0.1) is 0 Å². The van der Waals surface area contributed by atoms with E-state index in [9.17, 15) is 9.18 Å². The Hall–Kier alpha value is -1.69. The highest BCUT2D eigenvalue weighted by atomic mass is 32.5. The van der Waals surface area contributed by atoms with Crippen LogP contribution in [0.2, 0.25) is 0 Å². The molecule has 3 N–H and O–H groups in total. The molecule has 3 aromatic rings. The molecular formula is C12H13FN5O5PS. The minimum atomic E-state index is -3.88. The van der Waals surface area contributed by atoms with E-state index in [-0.39, 0.29) is 18.5 Å². The summed E-state index contributed by atoms with van der Waals surface area (Å²) in [5.41, 5.74) is 0.179. The number of hydrogen-bond donors (Lipinski definition) is 3. The van der Waals surface area contributed by atoms with Crippen molar-refractivity contribution in [3.8, 4) is 0 Å². The predicted molar refractivity (Wildman–Crippen MR) is 87.2 cm³/mol. The first-order valence-electron chi connectivity index (χ1n) is 7.25.